The van der Waals surface area contributed by atoms with Crippen LogP contribution in [0.5, 0.6) is 5.75 Å². The Balaban J connectivity index is 1.90. The van der Waals surface area contributed by atoms with Crippen molar-refractivity contribution in [3.63, 3.8) is 0 Å². The molecule has 0 bridgehead atoms. The minimum absolute atomic E-state index is 0.0246. The zero-order valence-electron chi connectivity index (χ0n) is 13.1. The van der Waals surface area contributed by atoms with Crippen molar-refractivity contribution in [2.75, 3.05) is 20.8 Å². The molecule has 0 radical (unpaired) electrons. The maximum absolute atomic E-state index is 11.7. The SMILES string of the molecule is COc1ccc2c(c1Cl)CCN[C@]21CC[C@@H](C(=O)OC)CC1. The van der Waals surface area contributed by atoms with E-state index in [0.717, 1.165) is 49.4 Å². The maximum atomic E-state index is 11.7. The van der Waals surface area contributed by atoms with E-state index in [4.69, 9.17) is 21.1 Å². The van der Waals surface area contributed by atoms with Crippen molar-refractivity contribution >= 4 is 17.6 Å². The highest BCUT2D eigenvalue weighted by Crippen LogP contribution is 2.46. The van der Waals surface area contributed by atoms with Crippen LogP contribution in [-0.4, -0.2) is 26.7 Å². The van der Waals surface area contributed by atoms with Crippen molar-refractivity contribution in [3.05, 3.63) is 28.3 Å². The monoisotopic (exact) mass is 323 g/mol. The van der Waals surface area contributed by atoms with E-state index < -0.39 is 0 Å². The number of rotatable bonds is 2. The third-order valence-electron chi connectivity index (χ3n) is 5.16. The first-order chi connectivity index (χ1) is 10.6. The average Bonchev–Trinajstić information content (AvgIpc) is 2.56. The summed E-state index contributed by atoms with van der Waals surface area (Å²) in [5.74, 6) is 0.677. The number of halogens is 1. The summed E-state index contributed by atoms with van der Waals surface area (Å²) in [6.07, 6.45) is 4.48. The Morgan fingerprint density at radius 1 is 1.32 bits per heavy atom. The van der Waals surface area contributed by atoms with Gasteiger partial charge in [-0.3, -0.25) is 4.79 Å². The van der Waals surface area contributed by atoms with E-state index in [9.17, 15) is 4.79 Å². The van der Waals surface area contributed by atoms with Crippen LogP contribution in [0.4, 0.5) is 0 Å². The number of hydrogen-bond acceptors (Lipinski definition) is 4. The lowest BCUT2D eigenvalue weighted by molar-refractivity contribution is -0.147. The number of methoxy groups -OCH3 is 2. The van der Waals surface area contributed by atoms with Crippen LogP contribution in [-0.2, 0) is 21.5 Å². The van der Waals surface area contributed by atoms with E-state index in [1.807, 2.05) is 6.07 Å². The number of esters is 1. The molecule has 1 aliphatic carbocycles. The van der Waals surface area contributed by atoms with Gasteiger partial charge in [0.1, 0.15) is 5.75 Å². The van der Waals surface area contributed by atoms with Gasteiger partial charge in [-0.15, -0.1) is 0 Å². The number of carbonyl (C=O) groups is 1. The van der Waals surface area contributed by atoms with E-state index in [2.05, 4.69) is 11.4 Å². The van der Waals surface area contributed by atoms with Crippen LogP contribution in [0.25, 0.3) is 0 Å². The van der Waals surface area contributed by atoms with Crippen molar-refractivity contribution in [2.24, 2.45) is 5.92 Å². The molecule has 22 heavy (non-hydrogen) atoms. The summed E-state index contributed by atoms with van der Waals surface area (Å²) in [4.78, 5) is 11.7. The fourth-order valence-corrected chi connectivity index (χ4v) is 4.27. The van der Waals surface area contributed by atoms with E-state index in [0.29, 0.717) is 0 Å². The molecular weight excluding hydrogens is 302 g/mol. The highest BCUT2D eigenvalue weighted by molar-refractivity contribution is 6.33. The Morgan fingerprint density at radius 3 is 2.68 bits per heavy atom. The zero-order chi connectivity index (χ0) is 15.7. The number of ether oxygens (including phenoxy) is 2. The quantitative estimate of drug-likeness (QED) is 0.850. The Hall–Kier alpha value is -1.26. The van der Waals surface area contributed by atoms with Crippen LogP contribution in [0.2, 0.25) is 5.02 Å². The van der Waals surface area contributed by atoms with Crippen LogP contribution in [0.3, 0.4) is 0 Å². The third-order valence-corrected chi connectivity index (χ3v) is 5.57. The molecule has 1 aromatic carbocycles. The molecule has 1 fully saturated rings. The van der Waals surface area contributed by atoms with Crippen molar-refractivity contribution in [1.29, 1.82) is 0 Å². The Bertz CT molecular complexity index is 580. The van der Waals surface area contributed by atoms with Gasteiger partial charge >= 0.3 is 5.97 Å². The molecule has 0 atom stereocenters. The summed E-state index contributed by atoms with van der Waals surface area (Å²) in [5, 5.41) is 4.41. The van der Waals surface area contributed by atoms with Crippen molar-refractivity contribution in [3.8, 4) is 5.75 Å². The first kappa shape index (κ1) is 15.6. The smallest absolute Gasteiger partial charge is 0.308 e. The molecule has 3 rings (SSSR count). The second-order valence-electron chi connectivity index (χ2n) is 6.16. The molecule has 1 aliphatic heterocycles. The number of fused-ring (bicyclic) bond motifs is 2. The lowest BCUT2D eigenvalue weighted by Crippen LogP contribution is -2.50. The molecule has 1 heterocycles. The van der Waals surface area contributed by atoms with E-state index in [1.165, 1.54) is 18.2 Å². The molecule has 0 aromatic heterocycles. The van der Waals surface area contributed by atoms with Crippen molar-refractivity contribution < 1.29 is 14.3 Å². The minimum Gasteiger partial charge on any atom is -0.495 e. The summed E-state index contributed by atoms with van der Waals surface area (Å²) in [5.41, 5.74) is 2.40. The van der Waals surface area contributed by atoms with Gasteiger partial charge < -0.3 is 14.8 Å². The van der Waals surface area contributed by atoms with E-state index in [1.54, 1.807) is 7.11 Å². The van der Waals surface area contributed by atoms with Crippen LogP contribution in [0.1, 0.15) is 36.8 Å². The van der Waals surface area contributed by atoms with Crippen LogP contribution >= 0.6 is 11.6 Å². The fraction of sp³-hybridized carbons (Fsp3) is 0.588. The number of hydrogen-bond donors (Lipinski definition) is 1. The van der Waals surface area contributed by atoms with Crippen LogP contribution in [0.15, 0.2) is 12.1 Å². The molecule has 0 saturated heterocycles. The largest absolute Gasteiger partial charge is 0.495 e. The summed E-state index contributed by atoms with van der Waals surface area (Å²) >= 11 is 6.50. The molecule has 2 aliphatic rings. The number of nitrogens with one attached hydrogen (secondary N) is 1. The van der Waals surface area contributed by atoms with Gasteiger partial charge in [-0.2, -0.15) is 0 Å². The Kier molecular flexibility index (Phi) is 4.33. The molecule has 5 heteroatoms. The van der Waals surface area contributed by atoms with Gasteiger partial charge in [0.2, 0.25) is 0 Å². The minimum atomic E-state index is -0.0846. The van der Waals surface area contributed by atoms with Crippen molar-refractivity contribution in [1.82, 2.24) is 5.32 Å². The van der Waals surface area contributed by atoms with Gasteiger partial charge in [0.15, 0.2) is 0 Å². The molecule has 1 saturated carbocycles. The molecule has 1 spiro atoms. The topological polar surface area (TPSA) is 47.6 Å². The van der Waals surface area contributed by atoms with Gasteiger partial charge in [0.25, 0.3) is 0 Å². The number of benzene rings is 1. The summed E-state index contributed by atoms with van der Waals surface area (Å²) in [6, 6.07) is 4.08. The summed E-state index contributed by atoms with van der Waals surface area (Å²) in [7, 11) is 3.11. The van der Waals surface area contributed by atoms with E-state index >= 15 is 0 Å². The second kappa shape index (κ2) is 6.09. The highest BCUT2D eigenvalue weighted by Gasteiger charge is 2.42. The van der Waals surface area contributed by atoms with Crippen molar-refractivity contribution in [2.45, 2.75) is 37.6 Å². The van der Waals surface area contributed by atoms with Gasteiger partial charge in [-0.1, -0.05) is 17.7 Å². The summed E-state index contributed by atoms with van der Waals surface area (Å²) in [6.45, 7) is 0.906. The molecule has 0 amide bonds. The first-order valence-corrected chi connectivity index (χ1v) is 8.18. The predicted molar refractivity (Wildman–Crippen MR) is 85.4 cm³/mol. The molecule has 1 N–H and O–H groups in total. The van der Waals surface area contributed by atoms with Gasteiger partial charge in [-0.25, -0.2) is 0 Å². The van der Waals surface area contributed by atoms with E-state index in [-0.39, 0.29) is 17.4 Å². The lowest BCUT2D eigenvalue weighted by atomic mass is 9.69. The zero-order valence-corrected chi connectivity index (χ0v) is 13.8. The molecule has 0 unspecified atom stereocenters. The average molecular weight is 324 g/mol. The maximum Gasteiger partial charge on any atom is 0.308 e. The van der Waals surface area contributed by atoms with Gasteiger partial charge in [0, 0.05) is 12.1 Å². The molecule has 120 valence electrons. The fourth-order valence-electron chi connectivity index (χ4n) is 3.93. The van der Waals surface area contributed by atoms with Crippen LogP contribution in [0, 0.1) is 5.92 Å². The molecule has 1 aromatic rings. The highest BCUT2D eigenvalue weighted by atomic mass is 35.5. The lowest BCUT2D eigenvalue weighted by Gasteiger charge is -2.45. The number of carbonyl (C=O) groups excluding carboxylic acids is 1. The Labute approximate surface area is 136 Å². The first-order valence-electron chi connectivity index (χ1n) is 7.80. The summed E-state index contributed by atoms with van der Waals surface area (Å²) < 4.78 is 10.2. The van der Waals surface area contributed by atoms with Gasteiger partial charge in [0.05, 0.1) is 25.2 Å². The van der Waals surface area contributed by atoms with Crippen LogP contribution < -0.4 is 10.1 Å². The molecule has 4 nitrogen and oxygen atoms in total. The Morgan fingerprint density at radius 2 is 2.05 bits per heavy atom. The predicted octanol–water partition coefficient (Wildman–Crippen LogP) is 3.05. The normalized spacial score (nSPS) is 27.3. The van der Waals surface area contributed by atoms with Gasteiger partial charge in [-0.05, 0) is 49.3 Å². The second-order valence-corrected chi connectivity index (χ2v) is 6.54. The molecular formula is C17H22ClNO3. The standard InChI is InChI=1S/C17H22ClNO3/c1-21-14-4-3-13-12(15(14)18)7-10-19-17(13)8-5-11(6-9-17)16(20)22-2/h3-4,11,19H,5-10H2,1-2H3/t11-,17+. The third kappa shape index (κ3) is 2.48.